The Balaban J connectivity index is 1.93. The third-order valence-corrected chi connectivity index (χ3v) is 4.17. The van der Waals surface area contributed by atoms with Gasteiger partial charge in [0.1, 0.15) is 5.75 Å². The molecule has 0 aromatic heterocycles. The number of unbranched alkanes of at least 4 members (excludes halogenated alkanes) is 3. The molecular weight excluding hydrogens is 328 g/mol. The third-order valence-electron chi connectivity index (χ3n) is 4.17. The summed E-state index contributed by atoms with van der Waals surface area (Å²) in [4.78, 5) is 23.0. The largest absolute Gasteiger partial charge is 0.545 e. The Morgan fingerprint density at radius 1 is 0.923 bits per heavy atom. The fourth-order valence-electron chi connectivity index (χ4n) is 2.57. The highest BCUT2D eigenvalue weighted by atomic mass is 16.5. The number of ether oxygens (including phenoxy) is 1. The van der Waals surface area contributed by atoms with E-state index in [-0.39, 0.29) is 5.57 Å². The molecule has 0 unspecified atom stereocenters. The predicted molar refractivity (Wildman–Crippen MR) is 99.7 cm³/mol. The molecule has 4 nitrogen and oxygen atoms in total. The standard InChI is InChI=1S/C22H24O4/c1-3-4-5-6-7-17-8-10-19(11-9-17)22(25)26-20-14-12-18(13-15-20)16(2)21(23)24/h8-15H,2-7H2,1H3,(H,23,24)/p-1. The first-order chi connectivity index (χ1) is 12.5. The Hall–Kier alpha value is -2.88. The van der Waals surface area contributed by atoms with E-state index < -0.39 is 11.9 Å². The first kappa shape index (κ1) is 19.4. The fourth-order valence-corrected chi connectivity index (χ4v) is 2.57. The number of rotatable bonds is 9. The van der Waals surface area contributed by atoms with Crippen molar-refractivity contribution in [1.29, 1.82) is 0 Å². The summed E-state index contributed by atoms with van der Waals surface area (Å²) in [6.45, 7) is 5.62. The quantitative estimate of drug-likeness (QED) is 0.298. The summed E-state index contributed by atoms with van der Waals surface area (Å²) < 4.78 is 5.32. The minimum Gasteiger partial charge on any atom is -0.545 e. The van der Waals surface area contributed by atoms with E-state index >= 15 is 0 Å². The van der Waals surface area contributed by atoms with Crippen molar-refractivity contribution in [3.8, 4) is 5.75 Å². The average molecular weight is 351 g/mol. The Morgan fingerprint density at radius 3 is 2.12 bits per heavy atom. The van der Waals surface area contributed by atoms with E-state index in [1.165, 1.54) is 49.1 Å². The Bertz CT molecular complexity index is 758. The van der Waals surface area contributed by atoms with Gasteiger partial charge in [0.2, 0.25) is 0 Å². The number of benzene rings is 2. The van der Waals surface area contributed by atoms with E-state index in [1.54, 1.807) is 12.1 Å². The summed E-state index contributed by atoms with van der Waals surface area (Å²) in [5.74, 6) is -1.44. The molecule has 0 amide bonds. The normalized spacial score (nSPS) is 10.3. The summed E-state index contributed by atoms with van der Waals surface area (Å²) in [5.41, 5.74) is 1.99. The lowest BCUT2D eigenvalue weighted by Gasteiger charge is -2.09. The van der Waals surface area contributed by atoms with Crippen molar-refractivity contribution in [2.24, 2.45) is 0 Å². The van der Waals surface area contributed by atoms with E-state index in [2.05, 4.69) is 13.5 Å². The number of carbonyl (C=O) groups excluding carboxylic acids is 2. The van der Waals surface area contributed by atoms with Crippen LogP contribution in [0.2, 0.25) is 0 Å². The van der Waals surface area contributed by atoms with Crippen LogP contribution in [0.5, 0.6) is 5.75 Å². The Labute approximate surface area is 154 Å². The summed E-state index contributed by atoms with van der Waals surface area (Å²) in [6, 6.07) is 13.6. The maximum atomic E-state index is 12.2. The van der Waals surface area contributed by atoms with Gasteiger partial charge in [0.25, 0.3) is 0 Å². The number of aryl methyl sites for hydroxylation is 1. The Kier molecular flexibility index (Phi) is 7.15. The van der Waals surface area contributed by atoms with Crippen LogP contribution in [0.15, 0.2) is 55.1 Å². The molecule has 2 rings (SSSR count). The van der Waals surface area contributed by atoms with Crippen LogP contribution < -0.4 is 9.84 Å². The zero-order chi connectivity index (χ0) is 18.9. The highest BCUT2D eigenvalue weighted by Gasteiger charge is 2.09. The minimum atomic E-state index is -1.33. The number of carbonyl (C=O) groups is 2. The van der Waals surface area contributed by atoms with E-state index in [0.29, 0.717) is 16.9 Å². The molecule has 0 spiro atoms. The van der Waals surface area contributed by atoms with Crippen LogP contribution in [-0.4, -0.2) is 11.9 Å². The number of hydrogen-bond acceptors (Lipinski definition) is 4. The van der Waals surface area contributed by atoms with Crippen LogP contribution in [0.25, 0.3) is 5.57 Å². The van der Waals surface area contributed by atoms with Crippen LogP contribution in [0.4, 0.5) is 0 Å². The molecule has 26 heavy (non-hydrogen) atoms. The van der Waals surface area contributed by atoms with Gasteiger partial charge in [0, 0.05) is 0 Å². The SMILES string of the molecule is C=C(C(=O)[O-])c1ccc(OC(=O)c2ccc(CCCCCC)cc2)cc1. The molecule has 0 saturated heterocycles. The van der Waals surface area contributed by atoms with E-state index in [9.17, 15) is 14.7 Å². The van der Waals surface area contributed by atoms with Gasteiger partial charge < -0.3 is 14.6 Å². The molecule has 2 aromatic carbocycles. The van der Waals surface area contributed by atoms with E-state index in [1.807, 2.05) is 12.1 Å². The summed E-state index contributed by atoms with van der Waals surface area (Å²) >= 11 is 0. The van der Waals surface area contributed by atoms with Crippen LogP contribution in [0, 0.1) is 0 Å². The molecule has 0 aliphatic heterocycles. The third kappa shape index (κ3) is 5.59. The number of carboxylic acid groups (broad SMARTS) is 1. The van der Waals surface area contributed by atoms with Crippen LogP contribution in [0.1, 0.15) is 54.1 Å². The number of aliphatic carboxylic acids is 1. The van der Waals surface area contributed by atoms with Gasteiger partial charge in [-0.25, -0.2) is 4.79 Å². The topological polar surface area (TPSA) is 66.4 Å². The molecule has 4 heteroatoms. The molecule has 0 bridgehead atoms. The van der Waals surface area contributed by atoms with Gasteiger partial charge >= 0.3 is 5.97 Å². The van der Waals surface area contributed by atoms with Crippen molar-refractivity contribution < 1.29 is 19.4 Å². The molecule has 0 aliphatic rings. The summed E-state index contributed by atoms with van der Waals surface area (Å²) in [6.07, 6.45) is 5.85. The fraction of sp³-hybridized carbons (Fsp3) is 0.273. The summed E-state index contributed by atoms with van der Waals surface area (Å²) in [5, 5.41) is 10.8. The maximum Gasteiger partial charge on any atom is 0.343 e. The van der Waals surface area contributed by atoms with Crippen molar-refractivity contribution in [2.75, 3.05) is 0 Å². The molecule has 0 atom stereocenters. The van der Waals surface area contributed by atoms with Crippen LogP contribution in [0.3, 0.4) is 0 Å². The molecule has 0 saturated carbocycles. The highest BCUT2D eigenvalue weighted by Crippen LogP contribution is 2.19. The second-order valence-corrected chi connectivity index (χ2v) is 6.19. The lowest BCUT2D eigenvalue weighted by Crippen LogP contribution is -2.22. The molecule has 0 fully saturated rings. The van der Waals surface area contributed by atoms with Crippen molar-refractivity contribution in [1.82, 2.24) is 0 Å². The number of esters is 1. The molecule has 2 aromatic rings. The van der Waals surface area contributed by atoms with Gasteiger partial charge in [0.05, 0.1) is 11.5 Å². The van der Waals surface area contributed by atoms with Crippen molar-refractivity contribution in [3.63, 3.8) is 0 Å². The molecular formula is C22H23O4-. The Morgan fingerprint density at radius 2 is 1.54 bits per heavy atom. The van der Waals surface area contributed by atoms with Gasteiger partial charge in [-0.15, -0.1) is 0 Å². The van der Waals surface area contributed by atoms with Gasteiger partial charge in [-0.05, 0) is 53.8 Å². The second kappa shape index (κ2) is 9.56. The van der Waals surface area contributed by atoms with Crippen molar-refractivity contribution >= 4 is 17.5 Å². The average Bonchev–Trinajstić information content (AvgIpc) is 2.65. The first-order valence-corrected chi connectivity index (χ1v) is 8.83. The lowest BCUT2D eigenvalue weighted by atomic mass is 10.0. The molecule has 0 radical (unpaired) electrons. The molecule has 0 aliphatic carbocycles. The molecule has 136 valence electrons. The molecule has 0 heterocycles. The second-order valence-electron chi connectivity index (χ2n) is 6.19. The number of carboxylic acids is 1. The van der Waals surface area contributed by atoms with Crippen LogP contribution in [-0.2, 0) is 11.2 Å². The van der Waals surface area contributed by atoms with Crippen molar-refractivity contribution in [3.05, 3.63) is 71.8 Å². The predicted octanol–water partition coefficient (Wildman–Crippen LogP) is 3.79. The van der Waals surface area contributed by atoms with Gasteiger partial charge in [-0.3, -0.25) is 0 Å². The van der Waals surface area contributed by atoms with Crippen molar-refractivity contribution in [2.45, 2.75) is 39.0 Å². The van der Waals surface area contributed by atoms with Crippen LogP contribution >= 0.6 is 0 Å². The van der Waals surface area contributed by atoms with Gasteiger partial charge in [-0.2, -0.15) is 0 Å². The smallest absolute Gasteiger partial charge is 0.343 e. The molecule has 0 N–H and O–H groups in total. The zero-order valence-corrected chi connectivity index (χ0v) is 15.0. The van der Waals surface area contributed by atoms with E-state index in [0.717, 1.165) is 12.8 Å². The lowest BCUT2D eigenvalue weighted by molar-refractivity contribution is -0.295. The zero-order valence-electron chi connectivity index (χ0n) is 15.0. The van der Waals surface area contributed by atoms with E-state index in [4.69, 9.17) is 4.74 Å². The number of hydrogen-bond donors (Lipinski definition) is 0. The first-order valence-electron chi connectivity index (χ1n) is 8.83. The monoisotopic (exact) mass is 351 g/mol. The highest BCUT2D eigenvalue weighted by molar-refractivity contribution is 6.13. The summed E-state index contributed by atoms with van der Waals surface area (Å²) in [7, 11) is 0. The van der Waals surface area contributed by atoms with Gasteiger partial charge in [-0.1, -0.05) is 57.0 Å². The maximum absolute atomic E-state index is 12.2. The van der Waals surface area contributed by atoms with Gasteiger partial charge in [0.15, 0.2) is 0 Å². The minimum absolute atomic E-state index is 0.114.